The van der Waals surface area contributed by atoms with E-state index in [1.54, 1.807) is 41.5 Å². The average molecular weight is 623 g/mol. The van der Waals surface area contributed by atoms with Gasteiger partial charge in [0.25, 0.3) is 0 Å². The number of carbonyl (C=O) groups is 4. The van der Waals surface area contributed by atoms with Gasteiger partial charge in [0.2, 0.25) is 0 Å². The molecule has 11 heteroatoms. The maximum Gasteiger partial charge on any atom is 0.322 e. The maximum absolute atomic E-state index is 12.4. The smallest absolute Gasteiger partial charge is 0.322 e. The summed E-state index contributed by atoms with van der Waals surface area (Å²) in [6.07, 6.45) is -3.20. The Kier molecular flexibility index (Phi) is 8.98. The summed E-state index contributed by atoms with van der Waals surface area (Å²) in [5.74, 6) is -4.53. The Morgan fingerprint density at radius 2 is 1.00 bits per heavy atom. The number of carbonyl (C=O) groups excluding carboxylic acids is 3. The molecule has 0 saturated heterocycles. The van der Waals surface area contributed by atoms with E-state index in [0.29, 0.717) is 0 Å². The van der Waals surface area contributed by atoms with E-state index in [2.05, 4.69) is 47.8 Å². The molecule has 0 bridgehead atoms. The second-order valence-electron chi connectivity index (χ2n) is 8.67. The van der Waals surface area contributed by atoms with Crippen LogP contribution in [-0.2, 0) is 33.4 Å². The quantitative estimate of drug-likeness (QED) is 0.259. The number of alkyl halides is 3. The monoisotopic (exact) mass is 620 g/mol. The zero-order valence-electron chi connectivity index (χ0n) is 17.7. The highest BCUT2D eigenvalue weighted by atomic mass is 79.9. The molecular formula is C19H27Br3O8. The van der Waals surface area contributed by atoms with Gasteiger partial charge in [-0.2, -0.15) is 0 Å². The van der Waals surface area contributed by atoms with E-state index < -0.39 is 61.1 Å². The lowest BCUT2D eigenvalue weighted by Gasteiger charge is -2.40. The molecule has 1 N–H and O–H groups in total. The lowest BCUT2D eigenvalue weighted by atomic mass is 9.81. The van der Waals surface area contributed by atoms with Gasteiger partial charge in [-0.3, -0.25) is 19.2 Å². The Morgan fingerprint density at radius 1 is 0.700 bits per heavy atom. The summed E-state index contributed by atoms with van der Waals surface area (Å²) >= 11 is 9.59. The standard InChI is InChI=1S/C19H27Br3O8/c1-17(2,20)14(25)28-9-7-10(29-15(26)18(3,4)21)12(13(23)24)11(8-9)30-16(27)19(5,6)22/h9-12H,7-8H2,1-6H3,(H,23,24). The zero-order chi connectivity index (χ0) is 23.7. The number of carboxylic acids is 1. The maximum atomic E-state index is 12.4. The van der Waals surface area contributed by atoms with E-state index in [1.165, 1.54) is 0 Å². The van der Waals surface area contributed by atoms with Gasteiger partial charge in [0.15, 0.2) is 0 Å². The zero-order valence-corrected chi connectivity index (χ0v) is 22.4. The molecule has 0 aromatic carbocycles. The second kappa shape index (κ2) is 9.85. The van der Waals surface area contributed by atoms with Crippen molar-refractivity contribution in [1.82, 2.24) is 0 Å². The molecule has 2 unspecified atom stereocenters. The van der Waals surface area contributed by atoms with Crippen LogP contribution in [0.3, 0.4) is 0 Å². The van der Waals surface area contributed by atoms with Crippen LogP contribution in [-0.4, -0.2) is 60.3 Å². The fourth-order valence-electron chi connectivity index (χ4n) is 2.65. The SMILES string of the molecule is CC(C)(Br)C(=O)OC1CC(OC(=O)C(C)(C)Br)C(C(=O)O)C(OC(=O)C(C)(C)Br)C1. The van der Waals surface area contributed by atoms with Crippen molar-refractivity contribution in [2.75, 3.05) is 0 Å². The molecule has 0 spiro atoms. The van der Waals surface area contributed by atoms with Crippen LogP contribution in [0.4, 0.5) is 0 Å². The average Bonchev–Trinajstić information content (AvgIpc) is 2.51. The van der Waals surface area contributed by atoms with Gasteiger partial charge in [-0.15, -0.1) is 0 Å². The summed E-state index contributed by atoms with van der Waals surface area (Å²) in [5, 5.41) is 9.79. The Balaban J connectivity index is 3.23. The van der Waals surface area contributed by atoms with Crippen molar-refractivity contribution in [3.63, 3.8) is 0 Å². The van der Waals surface area contributed by atoms with E-state index in [-0.39, 0.29) is 12.8 Å². The number of hydrogen-bond acceptors (Lipinski definition) is 7. The van der Waals surface area contributed by atoms with Crippen molar-refractivity contribution in [1.29, 1.82) is 0 Å². The summed E-state index contributed by atoms with van der Waals surface area (Å²) < 4.78 is 13.3. The minimum atomic E-state index is -1.31. The van der Waals surface area contributed by atoms with Gasteiger partial charge in [0.1, 0.15) is 37.2 Å². The third kappa shape index (κ3) is 7.78. The fourth-order valence-corrected chi connectivity index (χ4v) is 2.93. The van der Waals surface area contributed by atoms with Crippen LogP contribution in [0.25, 0.3) is 0 Å². The van der Waals surface area contributed by atoms with Gasteiger partial charge >= 0.3 is 23.9 Å². The summed E-state index contributed by atoms with van der Waals surface area (Å²) in [4.78, 5) is 49.1. The molecule has 1 fully saturated rings. The van der Waals surface area contributed by atoms with E-state index >= 15 is 0 Å². The molecule has 30 heavy (non-hydrogen) atoms. The molecule has 0 radical (unpaired) electrons. The Bertz CT molecular complexity index is 649. The van der Waals surface area contributed by atoms with E-state index in [1.807, 2.05) is 0 Å². The van der Waals surface area contributed by atoms with E-state index in [9.17, 15) is 24.3 Å². The van der Waals surface area contributed by atoms with Crippen LogP contribution in [0.5, 0.6) is 0 Å². The number of rotatable bonds is 7. The molecule has 1 aliphatic carbocycles. The molecule has 1 rings (SSSR count). The predicted molar refractivity (Wildman–Crippen MR) is 119 cm³/mol. The minimum absolute atomic E-state index is 0.0354. The Morgan fingerprint density at radius 3 is 1.27 bits per heavy atom. The summed E-state index contributed by atoms with van der Waals surface area (Å²) in [6, 6.07) is 0. The molecule has 1 saturated carbocycles. The van der Waals surface area contributed by atoms with E-state index in [4.69, 9.17) is 14.2 Å². The van der Waals surface area contributed by atoms with Crippen molar-refractivity contribution < 1.29 is 38.5 Å². The Labute approximate surface area is 201 Å². The first-order valence-corrected chi connectivity index (χ1v) is 11.6. The molecule has 1 aliphatic rings. The van der Waals surface area contributed by atoms with Crippen molar-refractivity contribution in [3.8, 4) is 0 Å². The fraction of sp³-hybridized carbons (Fsp3) is 0.789. The third-order valence-electron chi connectivity index (χ3n) is 4.32. The van der Waals surface area contributed by atoms with Gasteiger partial charge in [0, 0.05) is 12.8 Å². The highest BCUT2D eigenvalue weighted by molar-refractivity contribution is 9.10. The van der Waals surface area contributed by atoms with Crippen LogP contribution in [0.15, 0.2) is 0 Å². The molecule has 172 valence electrons. The highest BCUT2D eigenvalue weighted by Gasteiger charge is 2.49. The van der Waals surface area contributed by atoms with Crippen molar-refractivity contribution in [2.45, 2.75) is 85.7 Å². The number of aliphatic carboxylic acids is 1. The van der Waals surface area contributed by atoms with Gasteiger partial charge in [0.05, 0.1) is 0 Å². The highest BCUT2D eigenvalue weighted by Crippen LogP contribution is 2.35. The van der Waals surface area contributed by atoms with Crippen LogP contribution >= 0.6 is 47.8 Å². The van der Waals surface area contributed by atoms with Crippen molar-refractivity contribution in [2.24, 2.45) is 5.92 Å². The molecule has 8 nitrogen and oxygen atoms in total. The molecule has 2 atom stereocenters. The normalized spacial score (nSPS) is 25.2. The lowest BCUT2D eigenvalue weighted by Crippen LogP contribution is -2.52. The Hall–Kier alpha value is -0.680. The van der Waals surface area contributed by atoms with Gasteiger partial charge < -0.3 is 19.3 Å². The largest absolute Gasteiger partial charge is 0.481 e. The summed E-state index contributed by atoms with van der Waals surface area (Å²) in [6.45, 7) is 9.45. The van der Waals surface area contributed by atoms with Gasteiger partial charge in [-0.1, -0.05) is 47.8 Å². The molecule has 0 amide bonds. The first-order valence-electron chi connectivity index (χ1n) is 9.26. The number of carboxylic acid groups (broad SMARTS) is 1. The van der Waals surface area contributed by atoms with Crippen molar-refractivity contribution in [3.05, 3.63) is 0 Å². The molecule has 0 heterocycles. The van der Waals surface area contributed by atoms with Gasteiger partial charge in [-0.05, 0) is 41.5 Å². The number of hydrogen-bond donors (Lipinski definition) is 1. The van der Waals surface area contributed by atoms with Crippen LogP contribution < -0.4 is 0 Å². The molecular weight excluding hydrogens is 596 g/mol. The van der Waals surface area contributed by atoms with Crippen molar-refractivity contribution >= 4 is 71.7 Å². The minimum Gasteiger partial charge on any atom is -0.481 e. The van der Waals surface area contributed by atoms with Gasteiger partial charge in [-0.25, -0.2) is 0 Å². The number of halogens is 3. The van der Waals surface area contributed by atoms with E-state index in [0.717, 1.165) is 0 Å². The molecule has 0 aromatic heterocycles. The first-order chi connectivity index (χ1) is 13.3. The molecule has 0 aliphatic heterocycles. The second-order valence-corrected chi connectivity index (χ2v) is 14.6. The topological polar surface area (TPSA) is 116 Å². The summed E-state index contributed by atoms with van der Waals surface area (Å²) in [5.41, 5.74) is 0. The number of ether oxygens (including phenoxy) is 3. The predicted octanol–water partition coefficient (Wildman–Crippen LogP) is 3.74. The van der Waals surface area contributed by atoms with Crippen LogP contribution in [0, 0.1) is 5.92 Å². The number of esters is 3. The van der Waals surface area contributed by atoms with Crippen LogP contribution in [0.1, 0.15) is 54.4 Å². The first kappa shape index (κ1) is 27.4. The van der Waals surface area contributed by atoms with Crippen LogP contribution in [0.2, 0.25) is 0 Å². The summed E-state index contributed by atoms with van der Waals surface area (Å²) in [7, 11) is 0. The molecule has 0 aromatic rings. The third-order valence-corrected chi connectivity index (χ3v) is 5.29. The lowest BCUT2D eigenvalue weighted by molar-refractivity contribution is -0.187.